The summed E-state index contributed by atoms with van der Waals surface area (Å²) in [4.78, 5) is 14.5. The molecule has 0 bridgehead atoms. The first-order chi connectivity index (χ1) is 5.75. The quantitative estimate of drug-likeness (QED) is 0.603. The summed E-state index contributed by atoms with van der Waals surface area (Å²) in [7, 11) is 2.39. The van der Waals surface area contributed by atoms with E-state index >= 15 is 0 Å². The normalized spacial score (nSPS) is 9.75. The van der Waals surface area contributed by atoms with Gasteiger partial charge in [0.2, 0.25) is 0 Å². The first-order valence-corrected chi connectivity index (χ1v) is 6.12. The molecule has 0 saturated carbocycles. The number of hydrogen-bond donors (Lipinski definition) is 2. The van der Waals surface area contributed by atoms with Crippen molar-refractivity contribution in [3.8, 4) is 0 Å². The Morgan fingerprint density at radius 2 is 2.42 bits per heavy atom. The van der Waals surface area contributed by atoms with E-state index in [1.54, 1.807) is 12.3 Å². The number of hydrogen-bond acceptors (Lipinski definition) is 5. The van der Waals surface area contributed by atoms with Crippen molar-refractivity contribution >= 4 is 38.2 Å². The zero-order valence-electron chi connectivity index (χ0n) is 5.80. The van der Waals surface area contributed by atoms with Crippen LogP contribution in [0.3, 0.4) is 0 Å². The summed E-state index contributed by atoms with van der Waals surface area (Å²) in [6.07, 6.45) is 1.55. The van der Waals surface area contributed by atoms with Crippen molar-refractivity contribution in [3.05, 3.63) is 23.9 Å². The van der Waals surface area contributed by atoms with Crippen LogP contribution >= 0.6 is 32.3 Å². The van der Waals surface area contributed by atoms with Crippen molar-refractivity contribution in [2.45, 2.75) is 5.03 Å². The van der Waals surface area contributed by atoms with Crippen LogP contribution in [0.1, 0.15) is 10.4 Å². The van der Waals surface area contributed by atoms with Crippen LogP contribution in [0.4, 0.5) is 0 Å². The van der Waals surface area contributed by atoms with E-state index in [4.69, 9.17) is 5.11 Å². The van der Waals surface area contributed by atoms with Crippen LogP contribution in [-0.4, -0.2) is 16.1 Å². The fourth-order valence-electron chi connectivity index (χ4n) is 0.655. The molecule has 0 spiro atoms. The number of rotatable bonds is 3. The van der Waals surface area contributed by atoms with Gasteiger partial charge >= 0.3 is 5.97 Å². The first-order valence-electron chi connectivity index (χ1n) is 2.92. The second-order valence-corrected chi connectivity index (χ2v) is 4.81. The van der Waals surface area contributed by atoms with Gasteiger partial charge in [0.25, 0.3) is 0 Å². The number of carboxylic acid groups (broad SMARTS) is 1. The Labute approximate surface area is 82.2 Å². The Bertz CT molecular complexity index is 292. The van der Waals surface area contributed by atoms with E-state index in [1.165, 1.54) is 26.7 Å². The Kier molecular flexibility index (Phi) is 3.77. The lowest BCUT2D eigenvalue weighted by Gasteiger charge is -1.99. The van der Waals surface area contributed by atoms with Crippen LogP contribution in [0, 0.1) is 0 Å². The molecule has 64 valence electrons. The van der Waals surface area contributed by atoms with Crippen LogP contribution in [0.25, 0.3) is 0 Å². The summed E-state index contributed by atoms with van der Waals surface area (Å²) in [5, 5.41) is 9.18. The Hall–Kier alpha value is -0.330. The van der Waals surface area contributed by atoms with Crippen molar-refractivity contribution in [2.75, 3.05) is 0 Å². The maximum atomic E-state index is 10.6. The number of thiol groups is 1. The molecule has 0 radical (unpaired) electrons. The molecular weight excluding hydrogens is 214 g/mol. The van der Waals surface area contributed by atoms with Crippen LogP contribution < -0.4 is 0 Å². The number of nitrogens with zero attached hydrogens (tertiary/aromatic N) is 1. The van der Waals surface area contributed by atoms with Crippen LogP contribution in [0.5, 0.6) is 0 Å². The third-order valence-corrected chi connectivity index (χ3v) is 3.04. The van der Waals surface area contributed by atoms with E-state index in [1.807, 2.05) is 0 Å². The molecule has 1 aromatic heterocycles. The van der Waals surface area contributed by atoms with Gasteiger partial charge in [-0.3, -0.25) is 0 Å². The van der Waals surface area contributed by atoms with Crippen molar-refractivity contribution in [1.82, 2.24) is 4.98 Å². The molecule has 0 aliphatic rings. The monoisotopic (exact) mass is 219 g/mol. The van der Waals surface area contributed by atoms with Gasteiger partial charge in [-0.2, -0.15) is 0 Å². The van der Waals surface area contributed by atoms with Gasteiger partial charge in [-0.25, -0.2) is 9.78 Å². The third-order valence-electron chi connectivity index (χ3n) is 1.12. The molecule has 0 amide bonds. The van der Waals surface area contributed by atoms with Crippen LogP contribution in [0.2, 0.25) is 0 Å². The lowest BCUT2D eigenvalue weighted by Crippen LogP contribution is -1.99. The number of aromatic carboxylic acids is 1. The summed E-state index contributed by atoms with van der Waals surface area (Å²) in [6.45, 7) is 0. The number of carboxylic acids is 1. The molecular formula is C6H5NO2S3. The highest BCUT2D eigenvalue weighted by Gasteiger charge is 2.09. The molecule has 6 heteroatoms. The van der Waals surface area contributed by atoms with Gasteiger partial charge < -0.3 is 5.11 Å². The van der Waals surface area contributed by atoms with Crippen LogP contribution in [0.15, 0.2) is 23.4 Å². The van der Waals surface area contributed by atoms with Crippen molar-refractivity contribution in [1.29, 1.82) is 0 Å². The zero-order chi connectivity index (χ0) is 8.97. The Morgan fingerprint density at radius 1 is 1.67 bits per heavy atom. The van der Waals surface area contributed by atoms with Gasteiger partial charge in [0, 0.05) is 6.20 Å². The highest BCUT2D eigenvalue weighted by molar-refractivity contribution is 9.05. The topological polar surface area (TPSA) is 50.2 Å². The maximum absolute atomic E-state index is 10.6. The number of aromatic nitrogens is 1. The zero-order valence-corrected chi connectivity index (χ0v) is 8.33. The predicted molar refractivity (Wildman–Crippen MR) is 53.6 cm³/mol. The van der Waals surface area contributed by atoms with E-state index in [0.29, 0.717) is 5.03 Å². The standard InChI is InChI=1S/C6H5NO2S3/c8-6(9)4-2-1-3-7-5(4)11-12-10/h1-3,10H,(H,8,9). The lowest BCUT2D eigenvalue weighted by atomic mass is 10.3. The summed E-state index contributed by atoms with van der Waals surface area (Å²) < 4.78 is 0. The Morgan fingerprint density at radius 3 is 3.00 bits per heavy atom. The summed E-state index contributed by atoms with van der Waals surface area (Å²) in [5.41, 5.74) is 0.212. The molecule has 1 aromatic rings. The summed E-state index contributed by atoms with van der Waals surface area (Å²) >= 11 is 3.89. The molecule has 12 heavy (non-hydrogen) atoms. The molecule has 3 nitrogen and oxygen atoms in total. The fourth-order valence-corrected chi connectivity index (χ4v) is 2.32. The van der Waals surface area contributed by atoms with E-state index in [9.17, 15) is 4.79 Å². The van der Waals surface area contributed by atoms with Gasteiger partial charge in [0.05, 0.1) is 5.56 Å². The van der Waals surface area contributed by atoms with Gasteiger partial charge in [-0.1, -0.05) is 11.7 Å². The fraction of sp³-hybridized carbons (Fsp3) is 0. The average Bonchev–Trinajstić information content (AvgIpc) is 2.05. The van der Waals surface area contributed by atoms with Crippen molar-refractivity contribution < 1.29 is 9.90 Å². The van der Waals surface area contributed by atoms with Crippen molar-refractivity contribution in [2.24, 2.45) is 0 Å². The highest BCUT2D eigenvalue weighted by atomic mass is 33.5. The van der Waals surface area contributed by atoms with Crippen molar-refractivity contribution in [3.63, 3.8) is 0 Å². The third kappa shape index (κ3) is 2.33. The predicted octanol–water partition coefficient (Wildman–Crippen LogP) is 2.36. The second kappa shape index (κ2) is 4.64. The van der Waals surface area contributed by atoms with E-state index in [2.05, 4.69) is 16.6 Å². The number of pyridine rings is 1. The number of carbonyl (C=O) groups is 1. The molecule has 0 aliphatic carbocycles. The largest absolute Gasteiger partial charge is 0.478 e. The lowest BCUT2D eigenvalue weighted by molar-refractivity contribution is 0.0692. The minimum Gasteiger partial charge on any atom is -0.478 e. The van der Waals surface area contributed by atoms with Gasteiger partial charge in [-0.05, 0) is 32.8 Å². The molecule has 0 aromatic carbocycles. The minimum absolute atomic E-state index is 0.212. The van der Waals surface area contributed by atoms with Gasteiger partial charge in [-0.15, -0.1) is 0 Å². The van der Waals surface area contributed by atoms with E-state index in [-0.39, 0.29) is 5.56 Å². The smallest absolute Gasteiger partial charge is 0.338 e. The van der Waals surface area contributed by atoms with E-state index < -0.39 is 5.97 Å². The van der Waals surface area contributed by atoms with E-state index in [0.717, 1.165) is 0 Å². The SMILES string of the molecule is O=C(O)c1cccnc1SSS. The van der Waals surface area contributed by atoms with Gasteiger partial charge in [0.15, 0.2) is 0 Å². The molecule has 1 rings (SSSR count). The second-order valence-electron chi connectivity index (χ2n) is 1.82. The molecule has 0 unspecified atom stereocenters. The summed E-state index contributed by atoms with van der Waals surface area (Å²) in [6, 6.07) is 3.11. The average molecular weight is 219 g/mol. The minimum atomic E-state index is -0.965. The molecule has 1 N–H and O–H groups in total. The molecule has 0 saturated heterocycles. The molecule has 0 atom stereocenters. The molecule has 1 heterocycles. The molecule has 0 fully saturated rings. The van der Waals surface area contributed by atoms with Crippen LogP contribution in [-0.2, 0) is 0 Å². The molecule has 0 aliphatic heterocycles. The van der Waals surface area contributed by atoms with Gasteiger partial charge in [0.1, 0.15) is 5.03 Å². The first kappa shape index (κ1) is 9.76. The maximum Gasteiger partial charge on any atom is 0.338 e. The Balaban J connectivity index is 3.00. The summed E-state index contributed by atoms with van der Waals surface area (Å²) in [5.74, 6) is -0.965. The highest BCUT2D eigenvalue weighted by Crippen LogP contribution is 2.33.